The largest absolute Gasteiger partial charge is 0.497 e. The first-order chi connectivity index (χ1) is 12.0. The van der Waals surface area contributed by atoms with Crippen LogP contribution in [0.5, 0.6) is 5.75 Å². The Morgan fingerprint density at radius 1 is 1.08 bits per heavy atom. The summed E-state index contributed by atoms with van der Waals surface area (Å²) < 4.78 is 5.16. The summed E-state index contributed by atoms with van der Waals surface area (Å²) in [6, 6.07) is 16.3. The zero-order valence-electron chi connectivity index (χ0n) is 15.6. The maximum Gasteiger partial charge on any atom is 0.234 e. The van der Waals surface area contributed by atoms with Gasteiger partial charge in [0, 0.05) is 6.54 Å². The lowest BCUT2D eigenvalue weighted by Crippen LogP contribution is -2.36. The summed E-state index contributed by atoms with van der Waals surface area (Å²) in [7, 11) is 3.60. The molecule has 4 heteroatoms. The van der Waals surface area contributed by atoms with Crippen molar-refractivity contribution in [2.75, 3.05) is 20.7 Å². The van der Waals surface area contributed by atoms with E-state index >= 15 is 0 Å². The summed E-state index contributed by atoms with van der Waals surface area (Å²) >= 11 is 0. The van der Waals surface area contributed by atoms with E-state index in [4.69, 9.17) is 4.74 Å². The van der Waals surface area contributed by atoms with Gasteiger partial charge in [0.25, 0.3) is 0 Å². The van der Waals surface area contributed by atoms with Gasteiger partial charge in [-0.3, -0.25) is 9.69 Å². The highest BCUT2D eigenvalue weighted by Gasteiger charge is 2.12. The summed E-state index contributed by atoms with van der Waals surface area (Å²) in [5.41, 5.74) is 3.59. The van der Waals surface area contributed by atoms with Gasteiger partial charge < -0.3 is 10.1 Å². The quantitative estimate of drug-likeness (QED) is 0.799. The Balaban J connectivity index is 1.83. The van der Waals surface area contributed by atoms with Crippen LogP contribution in [0.15, 0.2) is 48.5 Å². The third-order valence-corrected chi connectivity index (χ3v) is 4.29. The van der Waals surface area contributed by atoms with Gasteiger partial charge in [-0.15, -0.1) is 0 Å². The minimum atomic E-state index is 0.00722. The molecule has 25 heavy (non-hydrogen) atoms. The molecule has 0 fully saturated rings. The van der Waals surface area contributed by atoms with Crippen LogP contribution in [0, 0.1) is 0 Å². The molecule has 0 aliphatic rings. The number of benzene rings is 2. The number of amides is 1. The predicted molar refractivity (Wildman–Crippen MR) is 102 cm³/mol. The van der Waals surface area contributed by atoms with Crippen molar-refractivity contribution >= 4 is 5.91 Å². The van der Waals surface area contributed by atoms with E-state index in [0.29, 0.717) is 6.54 Å². The molecule has 1 amide bonds. The zero-order valence-corrected chi connectivity index (χ0v) is 15.6. The topological polar surface area (TPSA) is 41.6 Å². The molecule has 134 valence electrons. The van der Waals surface area contributed by atoms with Crippen molar-refractivity contribution in [3.05, 3.63) is 65.2 Å². The minimum absolute atomic E-state index is 0.00722. The lowest BCUT2D eigenvalue weighted by Gasteiger charge is -2.19. The van der Waals surface area contributed by atoms with Crippen LogP contribution in [-0.4, -0.2) is 31.5 Å². The number of nitrogens with one attached hydrogen (secondary N) is 1. The van der Waals surface area contributed by atoms with Gasteiger partial charge in [-0.1, -0.05) is 43.3 Å². The van der Waals surface area contributed by atoms with Crippen LogP contribution in [0.1, 0.15) is 36.6 Å². The van der Waals surface area contributed by atoms with Crippen molar-refractivity contribution in [3.63, 3.8) is 0 Å². The molecular formula is C21H28N2O2. The first-order valence-electron chi connectivity index (χ1n) is 8.71. The second-order valence-electron chi connectivity index (χ2n) is 6.40. The summed E-state index contributed by atoms with van der Waals surface area (Å²) in [6.07, 6.45) is 1.02. The Morgan fingerprint density at radius 3 is 2.24 bits per heavy atom. The van der Waals surface area contributed by atoms with Crippen molar-refractivity contribution in [2.45, 2.75) is 32.9 Å². The Labute approximate surface area is 150 Å². The summed E-state index contributed by atoms with van der Waals surface area (Å²) in [5, 5.41) is 3.07. The van der Waals surface area contributed by atoms with Gasteiger partial charge in [0.05, 0.1) is 19.7 Å². The SMILES string of the molecule is CCc1ccc([C@H](C)NC(=O)CN(C)Cc2ccc(OC)cc2)cc1. The number of rotatable bonds is 8. The Bertz CT molecular complexity index is 665. The molecule has 0 bridgehead atoms. The molecule has 0 aliphatic heterocycles. The Hall–Kier alpha value is -2.33. The van der Waals surface area contributed by atoms with Crippen molar-refractivity contribution in [1.82, 2.24) is 10.2 Å². The molecule has 0 aromatic heterocycles. The van der Waals surface area contributed by atoms with Gasteiger partial charge >= 0.3 is 0 Å². The van der Waals surface area contributed by atoms with Crippen LogP contribution < -0.4 is 10.1 Å². The normalized spacial score (nSPS) is 12.0. The molecule has 2 rings (SSSR count). The lowest BCUT2D eigenvalue weighted by atomic mass is 10.1. The van der Waals surface area contributed by atoms with Crippen molar-refractivity contribution < 1.29 is 9.53 Å². The van der Waals surface area contributed by atoms with Crippen LogP contribution >= 0.6 is 0 Å². The summed E-state index contributed by atoms with van der Waals surface area (Å²) in [4.78, 5) is 14.3. The zero-order chi connectivity index (χ0) is 18.2. The molecule has 1 atom stereocenters. The molecule has 0 unspecified atom stereocenters. The highest BCUT2D eigenvalue weighted by Crippen LogP contribution is 2.14. The van der Waals surface area contributed by atoms with Gasteiger partial charge in [-0.2, -0.15) is 0 Å². The Kier molecular flexibility index (Phi) is 7.02. The number of carbonyl (C=O) groups excluding carboxylic acids is 1. The van der Waals surface area contributed by atoms with E-state index < -0.39 is 0 Å². The van der Waals surface area contributed by atoms with E-state index in [9.17, 15) is 4.79 Å². The van der Waals surface area contributed by atoms with Gasteiger partial charge in [-0.25, -0.2) is 0 Å². The van der Waals surface area contributed by atoms with Gasteiger partial charge in [0.15, 0.2) is 0 Å². The van der Waals surface area contributed by atoms with Crippen molar-refractivity contribution in [1.29, 1.82) is 0 Å². The first kappa shape index (κ1) is 19.0. The van der Waals surface area contributed by atoms with E-state index in [1.165, 1.54) is 5.56 Å². The average molecular weight is 340 g/mol. The molecule has 0 saturated carbocycles. The summed E-state index contributed by atoms with van der Waals surface area (Å²) in [6.45, 7) is 5.24. The standard InChI is InChI=1S/C21H28N2O2/c1-5-17-6-10-19(11-7-17)16(2)22-21(24)15-23(3)14-18-8-12-20(25-4)13-9-18/h6-13,16H,5,14-15H2,1-4H3,(H,22,24)/t16-/m0/s1. The molecule has 0 saturated heterocycles. The van der Waals surface area contributed by atoms with Crippen LogP contribution in [0.4, 0.5) is 0 Å². The van der Waals surface area contributed by atoms with Crippen LogP contribution in [0.2, 0.25) is 0 Å². The van der Waals surface area contributed by atoms with Gasteiger partial charge in [-0.05, 0) is 49.2 Å². The molecule has 0 radical (unpaired) electrons. The van der Waals surface area contributed by atoms with Crippen LogP contribution in [0.25, 0.3) is 0 Å². The Morgan fingerprint density at radius 2 is 1.68 bits per heavy atom. The summed E-state index contributed by atoms with van der Waals surface area (Å²) in [5.74, 6) is 0.871. The predicted octanol–water partition coefficient (Wildman–Crippen LogP) is 3.57. The number of hydrogen-bond donors (Lipinski definition) is 1. The fraction of sp³-hybridized carbons (Fsp3) is 0.381. The molecule has 4 nitrogen and oxygen atoms in total. The first-order valence-corrected chi connectivity index (χ1v) is 8.71. The number of carbonyl (C=O) groups is 1. The van der Waals surface area contributed by atoms with Crippen molar-refractivity contribution in [2.24, 2.45) is 0 Å². The smallest absolute Gasteiger partial charge is 0.234 e. The van der Waals surface area contributed by atoms with E-state index in [-0.39, 0.29) is 11.9 Å². The molecule has 2 aromatic carbocycles. The maximum absolute atomic E-state index is 12.3. The second-order valence-corrected chi connectivity index (χ2v) is 6.40. The molecule has 0 heterocycles. The third-order valence-electron chi connectivity index (χ3n) is 4.29. The molecule has 2 aromatic rings. The highest BCUT2D eigenvalue weighted by molar-refractivity contribution is 5.78. The number of aryl methyl sites for hydroxylation is 1. The van der Waals surface area contributed by atoms with Gasteiger partial charge in [0.2, 0.25) is 5.91 Å². The average Bonchev–Trinajstić information content (AvgIpc) is 2.62. The molecular weight excluding hydrogens is 312 g/mol. The molecule has 0 spiro atoms. The fourth-order valence-corrected chi connectivity index (χ4v) is 2.76. The van der Waals surface area contributed by atoms with Crippen LogP contribution in [-0.2, 0) is 17.8 Å². The van der Waals surface area contributed by atoms with E-state index in [0.717, 1.165) is 29.8 Å². The van der Waals surface area contributed by atoms with Gasteiger partial charge in [0.1, 0.15) is 5.75 Å². The number of hydrogen-bond acceptors (Lipinski definition) is 3. The molecule has 0 aliphatic carbocycles. The van der Waals surface area contributed by atoms with E-state index in [1.54, 1.807) is 7.11 Å². The number of methoxy groups -OCH3 is 1. The fourth-order valence-electron chi connectivity index (χ4n) is 2.76. The van der Waals surface area contributed by atoms with Crippen LogP contribution in [0.3, 0.4) is 0 Å². The van der Waals surface area contributed by atoms with E-state index in [2.05, 4.69) is 36.5 Å². The number of nitrogens with zero attached hydrogens (tertiary/aromatic N) is 1. The molecule has 1 N–H and O–H groups in total. The van der Waals surface area contributed by atoms with Crippen molar-refractivity contribution in [3.8, 4) is 5.75 Å². The number of ether oxygens (including phenoxy) is 1. The highest BCUT2D eigenvalue weighted by atomic mass is 16.5. The maximum atomic E-state index is 12.3. The minimum Gasteiger partial charge on any atom is -0.497 e. The number of likely N-dealkylation sites (N-methyl/N-ethyl adjacent to an activating group) is 1. The lowest BCUT2D eigenvalue weighted by molar-refractivity contribution is -0.122. The monoisotopic (exact) mass is 340 g/mol. The third kappa shape index (κ3) is 5.91. The van der Waals surface area contributed by atoms with E-state index in [1.807, 2.05) is 43.1 Å². The second kappa shape index (κ2) is 9.23.